The van der Waals surface area contributed by atoms with E-state index < -0.39 is 0 Å². The number of carbonyl (C=O) groups excluding carboxylic acids is 1. The van der Waals surface area contributed by atoms with Crippen LogP contribution in [-0.2, 0) is 4.79 Å². The summed E-state index contributed by atoms with van der Waals surface area (Å²) in [5.41, 5.74) is 0.394. The van der Waals surface area contributed by atoms with Crippen LogP contribution in [0.15, 0.2) is 0 Å². The van der Waals surface area contributed by atoms with Gasteiger partial charge in [-0.25, -0.2) is 0 Å². The predicted octanol–water partition coefficient (Wildman–Crippen LogP) is 3.72. The molecule has 1 heteroatoms. The Labute approximate surface area is 81.9 Å². The molecule has 1 aliphatic rings. The van der Waals surface area contributed by atoms with Gasteiger partial charge < -0.3 is 0 Å². The molecule has 76 valence electrons. The highest BCUT2D eigenvalue weighted by atomic mass is 16.1. The molecule has 0 bridgehead atoms. The van der Waals surface area contributed by atoms with Crippen LogP contribution in [0.4, 0.5) is 0 Å². The Bertz CT molecular complexity index is 166. The monoisotopic (exact) mass is 182 g/mol. The van der Waals surface area contributed by atoms with Crippen molar-refractivity contribution in [2.45, 2.75) is 65.2 Å². The van der Waals surface area contributed by atoms with E-state index in [1.165, 1.54) is 38.5 Å². The Kier molecular flexibility index (Phi) is 3.95. The summed E-state index contributed by atoms with van der Waals surface area (Å²) in [6.07, 6.45) is 9.39. The molecule has 1 saturated carbocycles. The topological polar surface area (TPSA) is 17.1 Å². The first-order valence-electron chi connectivity index (χ1n) is 5.74. The van der Waals surface area contributed by atoms with Crippen molar-refractivity contribution >= 4 is 5.78 Å². The molecule has 13 heavy (non-hydrogen) atoms. The van der Waals surface area contributed by atoms with Crippen LogP contribution >= 0.6 is 0 Å². The van der Waals surface area contributed by atoms with E-state index in [0.717, 1.165) is 12.8 Å². The third kappa shape index (κ3) is 2.82. The second-order valence-corrected chi connectivity index (χ2v) is 4.48. The first-order valence-corrected chi connectivity index (χ1v) is 5.74. The maximum absolute atomic E-state index is 11.4. The van der Waals surface area contributed by atoms with Gasteiger partial charge >= 0.3 is 0 Å². The fourth-order valence-electron chi connectivity index (χ4n) is 2.50. The van der Waals surface area contributed by atoms with Gasteiger partial charge in [0, 0.05) is 12.8 Å². The fraction of sp³-hybridized carbons (Fsp3) is 0.917. The normalized spacial score (nSPS) is 21.4. The molecule has 0 N–H and O–H groups in total. The zero-order valence-corrected chi connectivity index (χ0v) is 9.07. The Morgan fingerprint density at radius 2 is 1.77 bits per heavy atom. The molecule has 1 rings (SSSR count). The fourth-order valence-corrected chi connectivity index (χ4v) is 2.50. The van der Waals surface area contributed by atoms with Crippen molar-refractivity contribution < 1.29 is 4.79 Å². The SMILES string of the molecule is CCC(=O)CC1(CC)CCCCC1. The Balaban J connectivity index is 2.52. The van der Waals surface area contributed by atoms with E-state index in [0.29, 0.717) is 11.2 Å². The number of rotatable bonds is 4. The second kappa shape index (κ2) is 4.78. The van der Waals surface area contributed by atoms with Crippen molar-refractivity contribution in [3.05, 3.63) is 0 Å². The van der Waals surface area contributed by atoms with Gasteiger partial charge in [-0.15, -0.1) is 0 Å². The van der Waals surface area contributed by atoms with Gasteiger partial charge in [-0.1, -0.05) is 39.5 Å². The number of hydrogen-bond acceptors (Lipinski definition) is 1. The Hall–Kier alpha value is -0.330. The summed E-state index contributed by atoms with van der Waals surface area (Å²) in [5, 5.41) is 0. The van der Waals surface area contributed by atoms with Gasteiger partial charge in [0.2, 0.25) is 0 Å². The van der Waals surface area contributed by atoms with E-state index in [9.17, 15) is 4.79 Å². The number of Topliss-reactive ketones (excluding diaryl/α,β-unsaturated/α-hetero) is 1. The molecular formula is C12H22O. The van der Waals surface area contributed by atoms with Crippen molar-refractivity contribution in [3.8, 4) is 0 Å². The van der Waals surface area contributed by atoms with E-state index in [1.807, 2.05) is 6.92 Å². The van der Waals surface area contributed by atoms with Crippen molar-refractivity contribution in [2.75, 3.05) is 0 Å². The molecule has 1 aliphatic carbocycles. The van der Waals surface area contributed by atoms with E-state index >= 15 is 0 Å². The van der Waals surface area contributed by atoms with Crippen molar-refractivity contribution in [3.63, 3.8) is 0 Å². The molecule has 0 heterocycles. The molecule has 0 spiro atoms. The van der Waals surface area contributed by atoms with E-state index in [2.05, 4.69) is 6.92 Å². The third-order valence-electron chi connectivity index (χ3n) is 3.63. The number of hydrogen-bond donors (Lipinski definition) is 0. The van der Waals surface area contributed by atoms with Crippen LogP contribution in [0.3, 0.4) is 0 Å². The second-order valence-electron chi connectivity index (χ2n) is 4.48. The molecular weight excluding hydrogens is 160 g/mol. The number of ketones is 1. The summed E-state index contributed by atoms with van der Waals surface area (Å²) in [6, 6.07) is 0. The van der Waals surface area contributed by atoms with Crippen LogP contribution in [0.25, 0.3) is 0 Å². The molecule has 0 amide bonds. The highest BCUT2D eigenvalue weighted by Crippen LogP contribution is 2.42. The molecule has 0 saturated heterocycles. The molecule has 1 fully saturated rings. The summed E-state index contributed by atoms with van der Waals surface area (Å²) in [7, 11) is 0. The van der Waals surface area contributed by atoms with Gasteiger partial charge in [-0.3, -0.25) is 4.79 Å². The van der Waals surface area contributed by atoms with Crippen molar-refractivity contribution in [2.24, 2.45) is 5.41 Å². The summed E-state index contributed by atoms with van der Waals surface area (Å²) < 4.78 is 0. The van der Waals surface area contributed by atoms with Crippen molar-refractivity contribution in [1.82, 2.24) is 0 Å². The maximum Gasteiger partial charge on any atom is 0.133 e. The van der Waals surface area contributed by atoms with Crippen LogP contribution in [0.5, 0.6) is 0 Å². The zero-order chi connectivity index (χ0) is 9.73. The lowest BCUT2D eigenvalue weighted by Gasteiger charge is -2.36. The quantitative estimate of drug-likeness (QED) is 0.647. The first-order chi connectivity index (χ1) is 6.22. The van der Waals surface area contributed by atoms with Crippen LogP contribution in [0, 0.1) is 5.41 Å². The molecule has 0 aliphatic heterocycles. The third-order valence-corrected chi connectivity index (χ3v) is 3.63. The smallest absolute Gasteiger partial charge is 0.133 e. The lowest BCUT2D eigenvalue weighted by Crippen LogP contribution is -2.26. The van der Waals surface area contributed by atoms with Crippen LogP contribution in [0.1, 0.15) is 65.2 Å². The summed E-state index contributed by atoms with van der Waals surface area (Å²) in [5.74, 6) is 0.462. The van der Waals surface area contributed by atoms with Gasteiger partial charge in [-0.05, 0) is 18.3 Å². The lowest BCUT2D eigenvalue weighted by atomic mass is 9.69. The van der Waals surface area contributed by atoms with Gasteiger partial charge in [-0.2, -0.15) is 0 Å². The van der Waals surface area contributed by atoms with E-state index in [4.69, 9.17) is 0 Å². The summed E-state index contributed by atoms with van der Waals surface area (Å²) in [4.78, 5) is 11.4. The first kappa shape index (κ1) is 10.7. The minimum absolute atomic E-state index is 0.394. The molecule has 0 radical (unpaired) electrons. The van der Waals surface area contributed by atoms with Gasteiger partial charge in [0.1, 0.15) is 5.78 Å². The van der Waals surface area contributed by atoms with Crippen LogP contribution in [-0.4, -0.2) is 5.78 Å². The molecule has 0 unspecified atom stereocenters. The van der Waals surface area contributed by atoms with E-state index in [-0.39, 0.29) is 0 Å². The largest absolute Gasteiger partial charge is 0.300 e. The minimum Gasteiger partial charge on any atom is -0.300 e. The molecule has 0 atom stereocenters. The van der Waals surface area contributed by atoms with Crippen LogP contribution in [0.2, 0.25) is 0 Å². The molecule has 1 nitrogen and oxygen atoms in total. The highest BCUT2D eigenvalue weighted by Gasteiger charge is 2.31. The average Bonchev–Trinajstić information content (AvgIpc) is 2.19. The highest BCUT2D eigenvalue weighted by molar-refractivity contribution is 5.78. The summed E-state index contributed by atoms with van der Waals surface area (Å²) in [6.45, 7) is 4.22. The van der Waals surface area contributed by atoms with Crippen molar-refractivity contribution in [1.29, 1.82) is 0 Å². The number of carbonyl (C=O) groups is 1. The van der Waals surface area contributed by atoms with Crippen LogP contribution < -0.4 is 0 Å². The molecule has 0 aromatic carbocycles. The lowest BCUT2D eigenvalue weighted by molar-refractivity contribution is -0.121. The Morgan fingerprint density at radius 1 is 1.15 bits per heavy atom. The van der Waals surface area contributed by atoms with Gasteiger partial charge in [0.25, 0.3) is 0 Å². The molecule has 0 aromatic rings. The van der Waals surface area contributed by atoms with Gasteiger partial charge in [0.15, 0.2) is 0 Å². The maximum atomic E-state index is 11.4. The summed E-state index contributed by atoms with van der Waals surface area (Å²) >= 11 is 0. The average molecular weight is 182 g/mol. The minimum atomic E-state index is 0.394. The standard InChI is InChI=1S/C12H22O/c1-3-11(13)10-12(4-2)8-6-5-7-9-12/h3-10H2,1-2H3. The zero-order valence-electron chi connectivity index (χ0n) is 9.07. The molecule has 0 aromatic heterocycles. The Morgan fingerprint density at radius 3 is 2.23 bits per heavy atom. The predicted molar refractivity (Wildman–Crippen MR) is 55.7 cm³/mol. The van der Waals surface area contributed by atoms with Gasteiger partial charge in [0.05, 0.1) is 0 Å². The van der Waals surface area contributed by atoms with E-state index in [1.54, 1.807) is 0 Å².